The van der Waals surface area contributed by atoms with Gasteiger partial charge >= 0.3 is 0 Å². The third-order valence-corrected chi connectivity index (χ3v) is 6.38. The first-order chi connectivity index (χ1) is 16.7. The molecule has 0 saturated carbocycles. The summed E-state index contributed by atoms with van der Waals surface area (Å²) in [5, 5.41) is 2.86. The molecule has 0 aromatic rings. The number of unbranched alkanes of at least 4 members (excludes halogenated alkanes) is 6. The van der Waals surface area contributed by atoms with Crippen LogP contribution in [0.25, 0.3) is 0 Å². The maximum absolute atomic E-state index is 12.0. The van der Waals surface area contributed by atoms with Crippen LogP contribution in [-0.2, 0) is 28.8 Å². The number of nitrogens with one attached hydrogen (secondary N) is 1. The molecule has 0 aromatic heterocycles. The van der Waals surface area contributed by atoms with Crippen molar-refractivity contribution in [2.24, 2.45) is 5.92 Å². The van der Waals surface area contributed by atoms with Crippen molar-refractivity contribution in [2.45, 2.75) is 117 Å². The van der Waals surface area contributed by atoms with Gasteiger partial charge in [0.1, 0.15) is 17.3 Å². The van der Waals surface area contributed by atoms with Gasteiger partial charge in [0.2, 0.25) is 17.7 Å². The number of rotatable bonds is 21. The van der Waals surface area contributed by atoms with Crippen LogP contribution < -0.4 is 5.32 Å². The number of Topliss-reactive ketones (excluding diaryl/α,β-unsaturated/α-hetero) is 3. The van der Waals surface area contributed by atoms with Crippen LogP contribution in [0.15, 0.2) is 0 Å². The molecule has 0 bridgehead atoms. The summed E-state index contributed by atoms with van der Waals surface area (Å²) in [6.45, 7) is 4.03. The number of likely N-dealkylation sites (tertiary alicyclic amines) is 1. The fraction of sp³-hybridized carbons (Fsp3) is 0.778. The van der Waals surface area contributed by atoms with Crippen molar-refractivity contribution in [1.29, 1.82) is 0 Å². The smallest absolute Gasteiger partial charge is 0.232 e. The molecule has 0 radical (unpaired) electrons. The van der Waals surface area contributed by atoms with Gasteiger partial charge in [0.05, 0.1) is 0 Å². The highest BCUT2D eigenvalue weighted by atomic mass is 16.2. The van der Waals surface area contributed by atoms with Crippen molar-refractivity contribution < 1.29 is 28.8 Å². The Morgan fingerprint density at radius 2 is 1.26 bits per heavy atom. The lowest BCUT2D eigenvalue weighted by molar-refractivity contribution is -0.139. The van der Waals surface area contributed by atoms with E-state index in [1.807, 2.05) is 0 Å². The standard InChI is InChI=1S/C27H44N2O6/c1-21-20-26(34)29(27(21)35)19-17-24(32)13-7-5-3-4-6-8-16-25(33)28-18-11-15-23(31)14-10-9-12-22(2)30/h21H,3-20H2,1-2H3,(H,28,33). The summed E-state index contributed by atoms with van der Waals surface area (Å²) in [6.07, 6.45) is 10.8. The lowest BCUT2D eigenvalue weighted by Crippen LogP contribution is -2.32. The number of carbonyl (C=O) groups excluding carboxylic acids is 6. The molecule has 1 saturated heterocycles. The van der Waals surface area contributed by atoms with Crippen molar-refractivity contribution in [2.75, 3.05) is 13.1 Å². The topological polar surface area (TPSA) is 118 Å². The van der Waals surface area contributed by atoms with Gasteiger partial charge in [-0.05, 0) is 39.0 Å². The van der Waals surface area contributed by atoms with E-state index in [0.29, 0.717) is 45.1 Å². The van der Waals surface area contributed by atoms with Crippen LogP contribution in [0.5, 0.6) is 0 Å². The molecule has 1 fully saturated rings. The first-order valence-corrected chi connectivity index (χ1v) is 13.3. The monoisotopic (exact) mass is 492 g/mol. The van der Waals surface area contributed by atoms with Gasteiger partial charge in [-0.15, -0.1) is 0 Å². The number of ketones is 3. The summed E-state index contributed by atoms with van der Waals surface area (Å²) in [5.41, 5.74) is 0. The van der Waals surface area contributed by atoms with Crippen LogP contribution in [0.4, 0.5) is 0 Å². The van der Waals surface area contributed by atoms with Crippen molar-refractivity contribution in [3.63, 3.8) is 0 Å². The van der Waals surface area contributed by atoms with Crippen LogP contribution in [0, 0.1) is 5.92 Å². The SMILES string of the molecule is CC(=O)CCCCC(=O)CCCNC(=O)CCCCCCCCC(=O)CCN1C(=O)CC(C)C1=O. The second-order valence-electron chi connectivity index (χ2n) is 9.80. The normalized spacial score (nSPS) is 15.5. The molecule has 3 amide bonds. The highest BCUT2D eigenvalue weighted by molar-refractivity contribution is 6.03. The second kappa shape index (κ2) is 18.0. The Morgan fingerprint density at radius 3 is 1.86 bits per heavy atom. The average Bonchev–Trinajstić information content (AvgIpc) is 3.05. The quantitative estimate of drug-likeness (QED) is 0.191. The van der Waals surface area contributed by atoms with Crippen LogP contribution in [0.1, 0.15) is 117 Å². The van der Waals surface area contributed by atoms with E-state index in [4.69, 9.17) is 0 Å². The van der Waals surface area contributed by atoms with Gasteiger partial charge in [0, 0.05) is 64.0 Å². The molecule has 1 rings (SSSR count). The number of carbonyl (C=O) groups is 6. The molecule has 35 heavy (non-hydrogen) atoms. The molecule has 1 N–H and O–H groups in total. The van der Waals surface area contributed by atoms with Gasteiger partial charge in [-0.25, -0.2) is 0 Å². The molecule has 0 aliphatic carbocycles. The Bertz CT molecular complexity index is 733. The van der Waals surface area contributed by atoms with Crippen LogP contribution in [0.3, 0.4) is 0 Å². The molecule has 1 aliphatic rings. The Kier molecular flexibility index (Phi) is 15.7. The van der Waals surface area contributed by atoms with Gasteiger partial charge in [-0.2, -0.15) is 0 Å². The van der Waals surface area contributed by atoms with E-state index in [1.54, 1.807) is 13.8 Å². The first kappa shape index (κ1) is 30.7. The molecule has 0 spiro atoms. The molecule has 198 valence electrons. The summed E-state index contributed by atoms with van der Waals surface area (Å²) >= 11 is 0. The Hall–Kier alpha value is -2.38. The second-order valence-corrected chi connectivity index (χ2v) is 9.80. The summed E-state index contributed by atoms with van der Waals surface area (Å²) in [6, 6.07) is 0. The van der Waals surface area contributed by atoms with Crippen LogP contribution in [0.2, 0.25) is 0 Å². The first-order valence-electron chi connectivity index (χ1n) is 13.3. The summed E-state index contributed by atoms with van der Waals surface area (Å²) in [7, 11) is 0. The zero-order valence-corrected chi connectivity index (χ0v) is 21.7. The van der Waals surface area contributed by atoms with E-state index >= 15 is 0 Å². The molecule has 1 aliphatic heterocycles. The lowest BCUT2D eigenvalue weighted by atomic mass is 10.1. The molecule has 1 unspecified atom stereocenters. The molecule has 8 nitrogen and oxygen atoms in total. The predicted octanol–water partition coefficient (Wildman–Crippen LogP) is 4.08. The zero-order valence-electron chi connectivity index (χ0n) is 21.7. The van der Waals surface area contributed by atoms with E-state index < -0.39 is 0 Å². The summed E-state index contributed by atoms with van der Waals surface area (Å²) in [5.74, 6) is -0.139. The third-order valence-electron chi connectivity index (χ3n) is 6.38. The third kappa shape index (κ3) is 14.6. The minimum atomic E-state index is -0.264. The van der Waals surface area contributed by atoms with Crippen molar-refractivity contribution in [3.8, 4) is 0 Å². The van der Waals surface area contributed by atoms with Crippen LogP contribution in [-0.4, -0.2) is 53.1 Å². The average molecular weight is 493 g/mol. The Morgan fingerprint density at radius 1 is 0.743 bits per heavy atom. The maximum Gasteiger partial charge on any atom is 0.232 e. The van der Waals surface area contributed by atoms with Gasteiger partial charge in [-0.1, -0.05) is 32.6 Å². The molecular weight excluding hydrogens is 448 g/mol. The van der Waals surface area contributed by atoms with E-state index in [0.717, 1.165) is 51.4 Å². The highest BCUT2D eigenvalue weighted by Gasteiger charge is 2.35. The van der Waals surface area contributed by atoms with Gasteiger partial charge in [-0.3, -0.25) is 28.9 Å². The van der Waals surface area contributed by atoms with Gasteiger partial charge in [0.25, 0.3) is 0 Å². The highest BCUT2D eigenvalue weighted by Crippen LogP contribution is 2.19. The minimum absolute atomic E-state index is 0.0221. The molecule has 1 atom stereocenters. The van der Waals surface area contributed by atoms with Gasteiger partial charge < -0.3 is 10.1 Å². The number of nitrogens with zero attached hydrogens (tertiary/aromatic N) is 1. The molecular formula is C27H44N2O6. The molecule has 1 heterocycles. The Balaban J connectivity index is 1.90. The number of hydrogen-bond donors (Lipinski definition) is 1. The van der Waals surface area contributed by atoms with Crippen molar-refractivity contribution in [1.82, 2.24) is 10.2 Å². The lowest BCUT2D eigenvalue weighted by Gasteiger charge is -2.13. The number of amides is 3. The Labute approximate surface area is 210 Å². The molecule has 8 heteroatoms. The largest absolute Gasteiger partial charge is 0.356 e. The fourth-order valence-electron chi connectivity index (χ4n) is 4.18. The fourth-order valence-corrected chi connectivity index (χ4v) is 4.18. The number of hydrogen-bond acceptors (Lipinski definition) is 6. The van der Waals surface area contributed by atoms with E-state index in [2.05, 4.69) is 5.32 Å². The molecule has 0 aromatic carbocycles. The van der Waals surface area contributed by atoms with Crippen LogP contribution >= 0.6 is 0 Å². The number of imide groups is 1. The summed E-state index contributed by atoms with van der Waals surface area (Å²) in [4.78, 5) is 71.3. The van der Waals surface area contributed by atoms with Gasteiger partial charge in [0.15, 0.2) is 0 Å². The zero-order chi connectivity index (χ0) is 26.1. The van der Waals surface area contributed by atoms with Crippen molar-refractivity contribution in [3.05, 3.63) is 0 Å². The summed E-state index contributed by atoms with van der Waals surface area (Å²) < 4.78 is 0. The van der Waals surface area contributed by atoms with Crippen molar-refractivity contribution >= 4 is 35.1 Å². The van der Waals surface area contributed by atoms with E-state index in [9.17, 15) is 28.8 Å². The van der Waals surface area contributed by atoms with E-state index in [-0.39, 0.29) is 60.4 Å². The minimum Gasteiger partial charge on any atom is -0.356 e. The maximum atomic E-state index is 12.0. The predicted molar refractivity (Wildman–Crippen MR) is 133 cm³/mol. The van der Waals surface area contributed by atoms with E-state index in [1.165, 1.54) is 4.90 Å².